The van der Waals surface area contributed by atoms with Gasteiger partial charge in [-0.05, 0) is 47.5 Å². The van der Waals surface area contributed by atoms with Crippen LogP contribution in [0.1, 0.15) is 110 Å². The van der Waals surface area contributed by atoms with Gasteiger partial charge in [0, 0.05) is 31.0 Å². The van der Waals surface area contributed by atoms with Gasteiger partial charge in [-0.25, -0.2) is 0 Å². The molecule has 0 aliphatic carbocycles. The van der Waals surface area contributed by atoms with Crippen LogP contribution in [-0.4, -0.2) is 85.0 Å². The van der Waals surface area contributed by atoms with Crippen molar-refractivity contribution in [3.05, 3.63) is 0 Å². The fourth-order valence-corrected chi connectivity index (χ4v) is 7.24. The molecule has 0 bridgehead atoms. The number of rotatable bonds is 27. The molecule has 0 heterocycles. The minimum absolute atomic E-state index is 0.394. The van der Waals surface area contributed by atoms with Gasteiger partial charge in [-0.1, -0.05) is 90.9 Å². The third-order valence-electron chi connectivity index (χ3n) is 6.47. The highest BCUT2D eigenvalue weighted by molar-refractivity contribution is 7.80. The number of thiol groups is 1. The van der Waals surface area contributed by atoms with E-state index in [0.717, 1.165) is 38.6 Å². The van der Waals surface area contributed by atoms with Gasteiger partial charge in [0.25, 0.3) is 0 Å². The van der Waals surface area contributed by atoms with Crippen molar-refractivity contribution in [2.45, 2.75) is 121 Å². The average molecular weight is 535 g/mol. The molecule has 1 atom stereocenters. The zero-order valence-corrected chi connectivity index (χ0v) is 26.4. The molecule has 0 aromatic carbocycles. The molecule has 7 heteroatoms. The quantitative estimate of drug-likeness (QED) is 0.0680. The summed E-state index contributed by atoms with van der Waals surface area (Å²) in [5, 5.41) is 0.394. The van der Waals surface area contributed by atoms with Crippen LogP contribution >= 0.6 is 12.6 Å². The molecular formula is C28H62N2O3SSi. The maximum atomic E-state index is 6.57. The lowest BCUT2D eigenvalue weighted by molar-refractivity contribution is 0.0492. The predicted molar refractivity (Wildman–Crippen MR) is 159 cm³/mol. The van der Waals surface area contributed by atoms with Crippen molar-refractivity contribution in [2.75, 3.05) is 61.1 Å². The summed E-state index contributed by atoms with van der Waals surface area (Å²) >= 11 is 4.93. The lowest BCUT2D eigenvalue weighted by Gasteiger charge is -2.31. The molecule has 0 aliphatic rings. The molecule has 0 amide bonds. The molecule has 0 saturated carbocycles. The molecule has 212 valence electrons. The first-order chi connectivity index (χ1) is 16.8. The maximum Gasteiger partial charge on any atom is 0.501 e. The fourth-order valence-electron chi connectivity index (χ4n) is 4.04. The summed E-state index contributed by atoms with van der Waals surface area (Å²) in [6, 6.07) is 0.869. The van der Waals surface area contributed by atoms with Crippen molar-refractivity contribution in [1.29, 1.82) is 0 Å². The van der Waals surface area contributed by atoms with Gasteiger partial charge in [0.05, 0.1) is 13.2 Å². The van der Waals surface area contributed by atoms with E-state index in [0.29, 0.717) is 18.5 Å². The summed E-state index contributed by atoms with van der Waals surface area (Å²) in [4.78, 5) is 4.32. The van der Waals surface area contributed by atoms with Crippen LogP contribution in [0.3, 0.4) is 0 Å². The largest absolute Gasteiger partial charge is 0.501 e. The standard InChI is InChI=1S/C28H62N2O3SSi/c1-7-9-11-13-14-15-17-19-24-31-35(32-25-22-29(3)4,33-26-23-30(5)6)27-21-28(34)20-18-16-12-10-8-2/h28,34H,7-27H2,1-6H3. The van der Waals surface area contributed by atoms with Crippen LogP contribution in [0, 0.1) is 0 Å². The molecule has 0 radical (unpaired) electrons. The Morgan fingerprint density at radius 3 is 1.49 bits per heavy atom. The summed E-state index contributed by atoms with van der Waals surface area (Å²) in [6.07, 6.45) is 19.2. The summed E-state index contributed by atoms with van der Waals surface area (Å²) in [5.74, 6) is 0. The molecule has 0 N–H and O–H groups in total. The SMILES string of the molecule is CCCCCCCCCCO[Si](CCC(S)CCCCCCC)(OCCN(C)C)OCCN(C)C. The van der Waals surface area contributed by atoms with Crippen LogP contribution < -0.4 is 0 Å². The van der Waals surface area contributed by atoms with Crippen molar-refractivity contribution in [3.63, 3.8) is 0 Å². The molecule has 0 aliphatic heterocycles. The van der Waals surface area contributed by atoms with Crippen molar-refractivity contribution in [1.82, 2.24) is 9.80 Å². The first-order valence-corrected chi connectivity index (χ1v) is 17.2. The summed E-state index contributed by atoms with van der Waals surface area (Å²) in [6.45, 7) is 8.38. The molecule has 0 aromatic heterocycles. The molecule has 1 unspecified atom stereocenters. The molecule has 0 aromatic rings. The first-order valence-electron chi connectivity index (χ1n) is 14.7. The lowest BCUT2D eigenvalue weighted by Crippen LogP contribution is -2.48. The number of hydrogen-bond donors (Lipinski definition) is 1. The van der Waals surface area contributed by atoms with Crippen LogP contribution in [0.2, 0.25) is 6.04 Å². The van der Waals surface area contributed by atoms with E-state index < -0.39 is 8.80 Å². The summed E-state index contributed by atoms with van der Waals surface area (Å²) in [7, 11) is 5.61. The second-order valence-electron chi connectivity index (χ2n) is 10.7. The third-order valence-corrected chi connectivity index (χ3v) is 9.81. The lowest BCUT2D eigenvalue weighted by atomic mass is 10.1. The Morgan fingerprint density at radius 1 is 0.571 bits per heavy atom. The molecule has 35 heavy (non-hydrogen) atoms. The predicted octanol–water partition coefficient (Wildman–Crippen LogP) is 7.29. The van der Waals surface area contributed by atoms with Gasteiger partial charge in [-0.15, -0.1) is 0 Å². The second kappa shape index (κ2) is 24.7. The highest BCUT2D eigenvalue weighted by Crippen LogP contribution is 2.24. The Labute approximate surface area is 226 Å². The normalized spacial score (nSPS) is 13.3. The monoisotopic (exact) mass is 534 g/mol. The Kier molecular flexibility index (Phi) is 24.9. The van der Waals surface area contributed by atoms with Gasteiger partial charge >= 0.3 is 8.80 Å². The van der Waals surface area contributed by atoms with E-state index in [2.05, 4.69) is 51.8 Å². The van der Waals surface area contributed by atoms with E-state index in [1.54, 1.807) is 0 Å². The third kappa shape index (κ3) is 23.2. The van der Waals surface area contributed by atoms with Crippen LogP contribution in [0.4, 0.5) is 0 Å². The van der Waals surface area contributed by atoms with Crippen molar-refractivity contribution in [3.8, 4) is 0 Å². The van der Waals surface area contributed by atoms with Gasteiger partial charge in [0.1, 0.15) is 0 Å². The first kappa shape index (κ1) is 35.4. The smallest absolute Gasteiger partial charge is 0.373 e. The van der Waals surface area contributed by atoms with Gasteiger partial charge in [-0.2, -0.15) is 12.6 Å². The Morgan fingerprint density at radius 2 is 1.00 bits per heavy atom. The highest BCUT2D eigenvalue weighted by Gasteiger charge is 2.41. The topological polar surface area (TPSA) is 34.2 Å². The van der Waals surface area contributed by atoms with Gasteiger partial charge in [0.15, 0.2) is 0 Å². The summed E-state index contributed by atoms with van der Waals surface area (Å²) < 4.78 is 19.6. The Bertz CT molecular complexity index is 430. The highest BCUT2D eigenvalue weighted by atomic mass is 32.1. The number of nitrogens with zero attached hydrogens (tertiary/aromatic N) is 2. The zero-order chi connectivity index (χ0) is 26.2. The van der Waals surface area contributed by atoms with Crippen LogP contribution in [0.15, 0.2) is 0 Å². The fraction of sp³-hybridized carbons (Fsp3) is 1.00. The zero-order valence-electron chi connectivity index (χ0n) is 24.5. The van der Waals surface area contributed by atoms with Gasteiger partial charge < -0.3 is 23.1 Å². The molecule has 0 rings (SSSR count). The van der Waals surface area contributed by atoms with Crippen LogP contribution in [0.5, 0.6) is 0 Å². The summed E-state index contributed by atoms with van der Waals surface area (Å²) in [5.41, 5.74) is 0. The Hall–Kier alpha value is 0.367. The molecule has 0 spiro atoms. The minimum Gasteiger partial charge on any atom is -0.373 e. The van der Waals surface area contributed by atoms with Crippen molar-refractivity contribution in [2.24, 2.45) is 0 Å². The molecule has 0 saturated heterocycles. The maximum absolute atomic E-state index is 6.57. The number of likely N-dealkylation sites (N-methyl/N-ethyl adjacent to an activating group) is 2. The average Bonchev–Trinajstić information content (AvgIpc) is 2.81. The molecule has 5 nitrogen and oxygen atoms in total. The minimum atomic E-state index is -2.74. The number of unbranched alkanes of at least 4 members (excludes halogenated alkanes) is 11. The molecule has 0 fully saturated rings. The van der Waals surface area contributed by atoms with Crippen LogP contribution in [0.25, 0.3) is 0 Å². The van der Waals surface area contributed by atoms with E-state index in [9.17, 15) is 0 Å². The van der Waals surface area contributed by atoms with Crippen molar-refractivity contribution >= 4 is 21.4 Å². The van der Waals surface area contributed by atoms with Crippen LogP contribution in [-0.2, 0) is 13.3 Å². The van der Waals surface area contributed by atoms with Crippen molar-refractivity contribution < 1.29 is 13.3 Å². The van der Waals surface area contributed by atoms with E-state index in [-0.39, 0.29) is 0 Å². The van der Waals surface area contributed by atoms with Gasteiger partial charge in [-0.3, -0.25) is 0 Å². The number of hydrogen-bond acceptors (Lipinski definition) is 6. The van der Waals surface area contributed by atoms with E-state index in [4.69, 9.17) is 25.9 Å². The van der Waals surface area contributed by atoms with E-state index >= 15 is 0 Å². The second-order valence-corrected chi connectivity index (χ2v) is 14.2. The Balaban J connectivity index is 4.79. The van der Waals surface area contributed by atoms with E-state index in [1.807, 2.05) is 0 Å². The van der Waals surface area contributed by atoms with E-state index in [1.165, 1.54) is 83.5 Å². The molecular weight excluding hydrogens is 472 g/mol. The van der Waals surface area contributed by atoms with Gasteiger partial charge in [0.2, 0.25) is 0 Å².